The van der Waals surface area contributed by atoms with E-state index in [-0.39, 0.29) is 30.2 Å². The average molecular weight is 347 g/mol. The molecule has 5 nitrogen and oxygen atoms in total. The normalized spacial score (nSPS) is 21.1. The minimum Gasteiger partial charge on any atom is -0.406 e. The van der Waals surface area contributed by atoms with Crippen molar-refractivity contribution >= 4 is 5.91 Å². The largest absolute Gasteiger partial charge is 0.573 e. The number of nitrogens with zero attached hydrogens (tertiary/aromatic N) is 1. The van der Waals surface area contributed by atoms with E-state index in [2.05, 4.69) is 4.74 Å². The summed E-state index contributed by atoms with van der Waals surface area (Å²) >= 11 is 0. The van der Waals surface area contributed by atoms with Gasteiger partial charge in [0.1, 0.15) is 5.75 Å². The van der Waals surface area contributed by atoms with Crippen molar-refractivity contribution in [3.8, 4) is 5.75 Å². The van der Waals surface area contributed by atoms with Gasteiger partial charge in [-0.1, -0.05) is 12.1 Å². The highest BCUT2D eigenvalue weighted by molar-refractivity contribution is 5.79. The summed E-state index contributed by atoms with van der Waals surface area (Å²) in [5.74, 6) is -0.419. The van der Waals surface area contributed by atoms with Crippen LogP contribution in [0.2, 0.25) is 0 Å². The van der Waals surface area contributed by atoms with E-state index in [4.69, 9.17) is 9.47 Å². The van der Waals surface area contributed by atoms with Crippen molar-refractivity contribution in [2.45, 2.75) is 31.3 Å². The van der Waals surface area contributed by atoms with Gasteiger partial charge in [-0.2, -0.15) is 0 Å². The Morgan fingerprint density at radius 1 is 1.25 bits per heavy atom. The first-order valence-electron chi connectivity index (χ1n) is 7.48. The number of rotatable bonds is 6. The van der Waals surface area contributed by atoms with Gasteiger partial charge in [0, 0.05) is 20.8 Å². The Labute approximate surface area is 138 Å². The molecule has 1 aliphatic rings. The van der Waals surface area contributed by atoms with Crippen LogP contribution in [0.5, 0.6) is 5.75 Å². The summed E-state index contributed by atoms with van der Waals surface area (Å²) in [6.07, 6.45) is -3.95. The van der Waals surface area contributed by atoms with Crippen molar-refractivity contribution in [3.63, 3.8) is 0 Å². The highest BCUT2D eigenvalue weighted by atomic mass is 19.4. The molecule has 0 aromatic heterocycles. The highest BCUT2D eigenvalue weighted by Gasteiger charge is 2.35. The third-order valence-corrected chi connectivity index (χ3v) is 3.90. The third-order valence-electron chi connectivity index (χ3n) is 3.90. The molecule has 0 bridgehead atoms. The molecule has 134 valence electrons. The molecule has 1 aromatic rings. The van der Waals surface area contributed by atoms with Gasteiger partial charge in [-0.05, 0) is 24.1 Å². The van der Waals surface area contributed by atoms with Gasteiger partial charge in [-0.3, -0.25) is 4.79 Å². The second-order valence-electron chi connectivity index (χ2n) is 5.62. The van der Waals surface area contributed by atoms with E-state index in [1.807, 2.05) is 0 Å². The van der Waals surface area contributed by atoms with Crippen LogP contribution in [0.25, 0.3) is 0 Å². The van der Waals surface area contributed by atoms with Crippen molar-refractivity contribution < 1.29 is 32.2 Å². The molecule has 0 unspecified atom stereocenters. The Bertz CT molecular complexity index is 547. The lowest BCUT2D eigenvalue weighted by molar-refractivity contribution is -0.274. The monoisotopic (exact) mass is 347 g/mol. The summed E-state index contributed by atoms with van der Waals surface area (Å²) in [5.41, 5.74) is 0.617. The quantitative estimate of drug-likeness (QED) is 0.793. The smallest absolute Gasteiger partial charge is 0.406 e. The van der Waals surface area contributed by atoms with E-state index in [1.165, 1.54) is 24.3 Å². The van der Waals surface area contributed by atoms with Crippen LogP contribution in [-0.4, -0.2) is 56.7 Å². The number of alkyl halides is 3. The lowest BCUT2D eigenvalue weighted by Gasteiger charge is -2.24. The third kappa shape index (κ3) is 5.10. The molecule has 24 heavy (non-hydrogen) atoms. The lowest BCUT2D eigenvalue weighted by Crippen LogP contribution is -2.39. The average Bonchev–Trinajstić information content (AvgIpc) is 2.91. The Hall–Kier alpha value is -1.80. The number of likely N-dealkylation sites (tertiary alicyclic amines) is 1. The molecule has 1 saturated heterocycles. The van der Waals surface area contributed by atoms with Gasteiger partial charge in [0.05, 0.1) is 25.2 Å². The number of hydrogen-bond donors (Lipinski definition) is 0. The standard InChI is InChI=1S/C16H20F3NO4/c1-22-10-12-8-14(23-2)9-20(12)15(21)7-11-3-5-13(6-4-11)24-16(17,18)19/h3-6,12,14H,7-10H2,1-2H3/t12-,14+/m0/s1. The molecule has 1 aliphatic heterocycles. The first-order valence-corrected chi connectivity index (χ1v) is 7.48. The number of amides is 1. The molecule has 0 radical (unpaired) electrons. The van der Waals surface area contributed by atoms with Crippen molar-refractivity contribution in [1.29, 1.82) is 0 Å². The van der Waals surface area contributed by atoms with E-state index < -0.39 is 6.36 Å². The molecule has 0 spiro atoms. The first kappa shape index (κ1) is 18.5. The number of methoxy groups -OCH3 is 2. The van der Waals surface area contributed by atoms with Crippen LogP contribution in [0.15, 0.2) is 24.3 Å². The van der Waals surface area contributed by atoms with E-state index in [1.54, 1.807) is 19.1 Å². The van der Waals surface area contributed by atoms with Crippen LogP contribution in [0, 0.1) is 0 Å². The summed E-state index contributed by atoms with van der Waals surface area (Å²) in [6, 6.07) is 5.25. The maximum atomic E-state index is 12.5. The molecule has 0 saturated carbocycles. The molecular weight excluding hydrogens is 327 g/mol. The van der Waals surface area contributed by atoms with Gasteiger partial charge < -0.3 is 19.1 Å². The maximum absolute atomic E-state index is 12.5. The second kappa shape index (κ2) is 7.85. The maximum Gasteiger partial charge on any atom is 0.573 e. The zero-order valence-corrected chi connectivity index (χ0v) is 13.5. The van der Waals surface area contributed by atoms with Crippen molar-refractivity contribution in [1.82, 2.24) is 4.90 Å². The summed E-state index contributed by atoms with van der Waals surface area (Å²) in [6.45, 7) is 0.905. The van der Waals surface area contributed by atoms with E-state index in [0.29, 0.717) is 25.1 Å². The SMILES string of the molecule is COC[C@@H]1C[C@@H](OC)CN1C(=O)Cc1ccc(OC(F)(F)F)cc1. The fourth-order valence-electron chi connectivity index (χ4n) is 2.79. The molecule has 0 N–H and O–H groups in total. The van der Waals surface area contributed by atoms with Gasteiger partial charge in [0.25, 0.3) is 0 Å². The summed E-state index contributed by atoms with van der Waals surface area (Å²) < 4.78 is 50.7. The van der Waals surface area contributed by atoms with Gasteiger partial charge in [-0.25, -0.2) is 0 Å². The first-order chi connectivity index (χ1) is 11.3. The number of benzene rings is 1. The van der Waals surface area contributed by atoms with Crippen molar-refractivity contribution in [3.05, 3.63) is 29.8 Å². The number of halogens is 3. The summed E-state index contributed by atoms with van der Waals surface area (Å²) in [5, 5.41) is 0. The van der Waals surface area contributed by atoms with Crippen LogP contribution < -0.4 is 4.74 Å². The van der Waals surface area contributed by atoms with Crippen LogP contribution in [0.1, 0.15) is 12.0 Å². The van der Waals surface area contributed by atoms with Gasteiger partial charge >= 0.3 is 6.36 Å². The molecule has 1 amide bonds. The van der Waals surface area contributed by atoms with Gasteiger partial charge in [-0.15, -0.1) is 13.2 Å². The summed E-state index contributed by atoms with van der Waals surface area (Å²) in [7, 11) is 3.17. The predicted molar refractivity (Wildman–Crippen MR) is 79.6 cm³/mol. The molecule has 1 fully saturated rings. The molecule has 8 heteroatoms. The fraction of sp³-hybridized carbons (Fsp3) is 0.562. The number of hydrogen-bond acceptors (Lipinski definition) is 4. The molecular formula is C16H20F3NO4. The Morgan fingerprint density at radius 3 is 2.46 bits per heavy atom. The number of ether oxygens (including phenoxy) is 3. The zero-order valence-electron chi connectivity index (χ0n) is 13.5. The van der Waals surface area contributed by atoms with Crippen LogP contribution in [-0.2, 0) is 20.7 Å². The van der Waals surface area contributed by atoms with Gasteiger partial charge in [0.15, 0.2) is 0 Å². The highest BCUT2D eigenvalue weighted by Crippen LogP contribution is 2.24. The van der Waals surface area contributed by atoms with Crippen LogP contribution >= 0.6 is 0 Å². The predicted octanol–water partition coefficient (Wildman–Crippen LogP) is 2.39. The molecule has 2 rings (SSSR count). The number of carbonyl (C=O) groups is 1. The van der Waals surface area contributed by atoms with Crippen LogP contribution in [0.4, 0.5) is 13.2 Å². The lowest BCUT2D eigenvalue weighted by atomic mass is 10.1. The Morgan fingerprint density at radius 2 is 1.92 bits per heavy atom. The van der Waals surface area contributed by atoms with E-state index in [9.17, 15) is 18.0 Å². The summed E-state index contributed by atoms with van der Waals surface area (Å²) in [4.78, 5) is 14.2. The van der Waals surface area contributed by atoms with E-state index in [0.717, 1.165) is 0 Å². The van der Waals surface area contributed by atoms with Gasteiger partial charge in [0.2, 0.25) is 5.91 Å². The minimum atomic E-state index is -4.73. The van der Waals surface area contributed by atoms with Crippen molar-refractivity contribution in [2.75, 3.05) is 27.4 Å². The van der Waals surface area contributed by atoms with Crippen LogP contribution in [0.3, 0.4) is 0 Å². The topological polar surface area (TPSA) is 48.0 Å². The zero-order chi connectivity index (χ0) is 17.7. The Balaban J connectivity index is 1.98. The van der Waals surface area contributed by atoms with Crippen molar-refractivity contribution in [2.24, 2.45) is 0 Å². The minimum absolute atomic E-state index is 0.0309. The fourth-order valence-corrected chi connectivity index (χ4v) is 2.79. The molecule has 0 aliphatic carbocycles. The van der Waals surface area contributed by atoms with E-state index >= 15 is 0 Å². The second-order valence-corrected chi connectivity index (χ2v) is 5.62. The molecule has 1 heterocycles. The Kier molecular flexibility index (Phi) is 6.06. The number of carbonyl (C=O) groups excluding carboxylic acids is 1. The molecule has 2 atom stereocenters. The molecule has 1 aromatic carbocycles.